The zero-order valence-corrected chi connectivity index (χ0v) is 14.4. The largest absolute Gasteiger partial charge is 0.326 e. The van der Waals surface area contributed by atoms with Gasteiger partial charge in [-0.15, -0.1) is 0 Å². The SMILES string of the molecule is CC(C)C(C)N(C)C1CCCCCCCCCCC1N. The topological polar surface area (TPSA) is 29.3 Å². The molecule has 2 nitrogen and oxygen atoms in total. The average Bonchev–Trinajstić information content (AvgIpc) is 2.41. The minimum Gasteiger partial charge on any atom is -0.326 e. The molecule has 3 atom stereocenters. The maximum atomic E-state index is 6.56. The Morgan fingerprint density at radius 3 is 1.75 bits per heavy atom. The van der Waals surface area contributed by atoms with E-state index in [1.807, 2.05) is 0 Å². The van der Waals surface area contributed by atoms with Crippen LogP contribution in [0.5, 0.6) is 0 Å². The van der Waals surface area contributed by atoms with Crippen LogP contribution in [0.25, 0.3) is 0 Å². The Kier molecular flexibility index (Phi) is 8.79. The molecule has 1 fully saturated rings. The third kappa shape index (κ3) is 6.13. The molecule has 0 spiro atoms. The summed E-state index contributed by atoms with van der Waals surface area (Å²) < 4.78 is 0. The van der Waals surface area contributed by atoms with Crippen LogP contribution in [0.15, 0.2) is 0 Å². The lowest BCUT2D eigenvalue weighted by molar-refractivity contribution is 0.116. The van der Waals surface area contributed by atoms with Gasteiger partial charge in [-0.1, -0.05) is 65.2 Å². The van der Waals surface area contributed by atoms with Crippen molar-refractivity contribution in [2.24, 2.45) is 11.7 Å². The molecule has 1 rings (SSSR count). The summed E-state index contributed by atoms with van der Waals surface area (Å²) in [6.07, 6.45) is 13.7. The Morgan fingerprint density at radius 2 is 1.25 bits per heavy atom. The van der Waals surface area contributed by atoms with Crippen LogP contribution in [-0.2, 0) is 0 Å². The standard InChI is InChI=1S/C18H38N2/c1-15(2)16(3)20(4)18-14-12-10-8-6-5-7-9-11-13-17(18)19/h15-18H,5-14,19H2,1-4H3. The fraction of sp³-hybridized carbons (Fsp3) is 1.00. The Balaban J connectivity index is 2.60. The number of rotatable bonds is 3. The highest BCUT2D eigenvalue weighted by atomic mass is 15.2. The molecule has 0 aromatic rings. The van der Waals surface area contributed by atoms with Gasteiger partial charge in [0.25, 0.3) is 0 Å². The van der Waals surface area contributed by atoms with Crippen LogP contribution in [0.4, 0.5) is 0 Å². The van der Waals surface area contributed by atoms with E-state index in [4.69, 9.17) is 5.73 Å². The van der Waals surface area contributed by atoms with Gasteiger partial charge in [0.05, 0.1) is 0 Å². The molecule has 0 radical (unpaired) electrons. The van der Waals surface area contributed by atoms with Crippen molar-refractivity contribution in [2.75, 3.05) is 7.05 Å². The molecule has 0 aliphatic heterocycles. The fourth-order valence-electron chi connectivity index (χ4n) is 3.48. The van der Waals surface area contributed by atoms with Gasteiger partial charge in [-0.2, -0.15) is 0 Å². The third-order valence-electron chi connectivity index (χ3n) is 5.41. The van der Waals surface area contributed by atoms with Crippen molar-refractivity contribution in [1.29, 1.82) is 0 Å². The van der Waals surface area contributed by atoms with E-state index in [0.29, 0.717) is 24.0 Å². The lowest BCUT2D eigenvalue weighted by atomic mass is 9.91. The Hall–Kier alpha value is -0.0800. The highest BCUT2D eigenvalue weighted by Crippen LogP contribution is 2.22. The van der Waals surface area contributed by atoms with E-state index < -0.39 is 0 Å². The molecule has 0 aromatic carbocycles. The van der Waals surface area contributed by atoms with Crippen molar-refractivity contribution < 1.29 is 0 Å². The molecule has 120 valence electrons. The first-order valence-corrected chi connectivity index (χ1v) is 9.01. The molecule has 0 aromatic heterocycles. The Bertz CT molecular complexity index is 240. The van der Waals surface area contributed by atoms with E-state index in [2.05, 4.69) is 32.7 Å². The molecule has 0 amide bonds. The predicted octanol–water partition coefficient (Wildman–Crippen LogP) is 4.57. The molecular weight excluding hydrogens is 244 g/mol. The van der Waals surface area contributed by atoms with Crippen LogP contribution >= 0.6 is 0 Å². The van der Waals surface area contributed by atoms with Crippen LogP contribution in [0.1, 0.15) is 85.0 Å². The van der Waals surface area contributed by atoms with E-state index in [1.54, 1.807) is 0 Å². The maximum Gasteiger partial charge on any atom is 0.0247 e. The van der Waals surface area contributed by atoms with Gasteiger partial charge in [0, 0.05) is 18.1 Å². The molecule has 0 heterocycles. The quantitative estimate of drug-likeness (QED) is 0.821. The average molecular weight is 283 g/mol. The Labute approximate surface area is 127 Å². The minimum absolute atomic E-state index is 0.362. The van der Waals surface area contributed by atoms with Crippen molar-refractivity contribution in [3.05, 3.63) is 0 Å². The zero-order chi connectivity index (χ0) is 15.0. The van der Waals surface area contributed by atoms with E-state index >= 15 is 0 Å². The minimum atomic E-state index is 0.362. The molecule has 20 heavy (non-hydrogen) atoms. The monoisotopic (exact) mass is 282 g/mol. The third-order valence-corrected chi connectivity index (χ3v) is 5.41. The number of hydrogen-bond acceptors (Lipinski definition) is 2. The van der Waals surface area contributed by atoms with E-state index in [1.165, 1.54) is 64.2 Å². The second-order valence-electron chi connectivity index (χ2n) is 7.29. The first kappa shape index (κ1) is 18.0. The van der Waals surface area contributed by atoms with E-state index in [9.17, 15) is 0 Å². The maximum absolute atomic E-state index is 6.56. The van der Waals surface area contributed by atoms with Crippen LogP contribution in [0.2, 0.25) is 0 Å². The van der Waals surface area contributed by atoms with Crippen molar-refractivity contribution in [3.8, 4) is 0 Å². The fourth-order valence-corrected chi connectivity index (χ4v) is 3.48. The van der Waals surface area contributed by atoms with Crippen LogP contribution in [0.3, 0.4) is 0 Å². The van der Waals surface area contributed by atoms with Crippen LogP contribution in [0, 0.1) is 5.92 Å². The number of likely N-dealkylation sites (N-methyl/N-ethyl adjacent to an activating group) is 1. The van der Waals surface area contributed by atoms with Gasteiger partial charge < -0.3 is 5.73 Å². The van der Waals surface area contributed by atoms with Crippen molar-refractivity contribution in [2.45, 2.75) is 103 Å². The summed E-state index contributed by atoms with van der Waals surface area (Å²) in [6, 6.07) is 1.56. The molecule has 1 saturated carbocycles. The van der Waals surface area contributed by atoms with Crippen LogP contribution < -0.4 is 5.73 Å². The van der Waals surface area contributed by atoms with E-state index in [0.717, 1.165) is 0 Å². The first-order valence-electron chi connectivity index (χ1n) is 9.01. The van der Waals surface area contributed by atoms with Gasteiger partial charge >= 0.3 is 0 Å². The number of hydrogen-bond donors (Lipinski definition) is 1. The van der Waals surface area contributed by atoms with Crippen molar-refractivity contribution in [1.82, 2.24) is 4.90 Å². The summed E-state index contributed by atoms with van der Waals surface area (Å²) in [5.74, 6) is 0.702. The highest BCUT2D eigenvalue weighted by Gasteiger charge is 2.26. The molecule has 1 aliphatic rings. The van der Waals surface area contributed by atoms with Crippen LogP contribution in [-0.4, -0.2) is 30.1 Å². The lowest BCUT2D eigenvalue weighted by Gasteiger charge is -2.39. The van der Waals surface area contributed by atoms with Gasteiger partial charge in [0.2, 0.25) is 0 Å². The summed E-state index contributed by atoms with van der Waals surface area (Å²) in [4.78, 5) is 2.57. The second-order valence-corrected chi connectivity index (χ2v) is 7.29. The molecule has 1 aliphatic carbocycles. The summed E-state index contributed by atoms with van der Waals surface area (Å²) in [6.45, 7) is 7.00. The Morgan fingerprint density at radius 1 is 0.800 bits per heavy atom. The summed E-state index contributed by atoms with van der Waals surface area (Å²) >= 11 is 0. The van der Waals surface area contributed by atoms with E-state index in [-0.39, 0.29) is 0 Å². The number of nitrogens with zero attached hydrogens (tertiary/aromatic N) is 1. The summed E-state index contributed by atoms with van der Waals surface area (Å²) in [5.41, 5.74) is 6.56. The molecule has 2 N–H and O–H groups in total. The predicted molar refractivity (Wildman–Crippen MR) is 90.0 cm³/mol. The second kappa shape index (κ2) is 9.78. The lowest BCUT2D eigenvalue weighted by Crippen LogP contribution is -2.50. The molecular formula is C18H38N2. The number of nitrogens with two attached hydrogens (primary N) is 1. The van der Waals surface area contributed by atoms with Gasteiger partial charge in [-0.3, -0.25) is 4.90 Å². The van der Waals surface area contributed by atoms with Gasteiger partial charge in [0.15, 0.2) is 0 Å². The van der Waals surface area contributed by atoms with Crippen molar-refractivity contribution in [3.63, 3.8) is 0 Å². The molecule has 2 heteroatoms. The normalized spacial score (nSPS) is 28.9. The molecule has 3 unspecified atom stereocenters. The summed E-state index contributed by atoms with van der Waals surface area (Å²) in [7, 11) is 2.29. The molecule has 0 saturated heterocycles. The smallest absolute Gasteiger partial charge is 0.0247 e. The highest BCUT2D eigenvalue weighted by molar-refractivity contribution is 4.84. The summed E-state index contributed by atoms with van der Waals surface area (Å²) in [5, 5.41) is 0. The van der Waals surface area contributed by atoms with Gasteiger partial charge in [-0.05, 0) is 32.7 Å². The van der Waals surface area contributed by atoms with Gasteiger partial charge in [-0.25, -0.2) is 0 Å². The van der Waals surface area contributed by atoms with Gasteiger partial charge in [0.1, 0.15) is 0 Å². The van der Waals surface area contributed by atoms with Crippen molar-refractivity contribution >= 4 is 0 Å². The first-order chi connectivity index (χ1) is 9.54. The molecule has 0 bridgehead atoms. The zero-order valence-electron chi connectivity index (χ0n) is 14.4.